The molecule has 0 bridgehead atoms. The Kier molecular flexibility index (Phi) is 6.96. The predicted molar refractivity (Wildman–Crippen MR) is 128 cm³/mol. The second-order valence-corrected chi connectivity index (χ2v) is 8.11. The largest absolute Gasteiger partial charge is 0.486 e. The molecule has 0 fully saturated rings. The van der Waals surface area contributed by atoms with Gasteiger partial charge >= 0.3 is 5.97 Å². The van der Waals surface area contributed by atoms with E-state index >= 15 is 0 Å². The number of rotatable bonds is 8. The Labute approximate surface area is 201 Å². The number of non-ortho nitro benzene ring substituents is 1. The zero-order chi connectivity index (χ0) is 24.9. The van der Waals surface area contributed by atoms with E-state index in [1.54, 1.807) is 6.07 Å². The van der Waals surface area contributed by atoms with E-state index in [1.807, 2.05) is 42.7 Å². The van der Waals surface area contributed by atoms with Gasteiger partial charge in [0.2, 0.25) is 5.78 Å². The quantitative estimate of drug-likeness (QED) is 0.157. The van der Waals surface area contributed by atoms with Crippen molar-refractivity contribution in [1.29, 1.82) is 0 Å². The normalized spacial score (nSPS) is 14.6. The molecule has 3 aromatic rings. The van der Waals surface area contributed by atoms with E-state index in [0.29, 0.717) is 35.8 Å². The first-order chi connectivity index (χ1) is 16.8. The molecular formula is C26H24N2O7. The van der Waals surface area contributed by atoms with Gasteiger partial charge in [0.25, 0.3) is 5.69 Å². The van der Waals surface area contributed by atoms with Gasteiger partial charge in [0, 0.05) is 35.2 Å². The van der Waals surface area contributed by atoms with Crippen molar-refractivity contribution in [3.8, 4) is 11.5 Å². The van der Waals surface area contributed by atoms with Gasteiger partial charge in [-0.05, 0) is 55.8 Å². The van der Waals surface area contributed by atoms with E-state index in [0.717, 1.165) is 11.4 Å². The molecule has 9 heteroatoms. The molecule has 4 rings (SSSR count). The van der Waals surface area contributed by atoms with E-state index in [2.05, 4.69) is 0 Å². The summed E-state index contributed by atoms with van der Waals surface area (Å²) in [7, 11) is 0. The van der Waals surface area contributed by atoms with Gasteiger partial charge in [-0.3, -0.25) is 14.9 Å². The van der Waals surface area contributed by atoms with Crippen molar-refractivity contribution in [3.63, 3.8) is 0 Å². The number of ketones is 1. The molecule has 0 saturated heterocycles. The highest BCUT2D eigenvalue weighted by Gasteiger charge is 2.24. The van der Waals surface area contributed by atoms with Crippen molar-refractivity contribution < 1.29 is 28.7 Å². The van der Waals surface area contributed by atoms with Gasteiger partial charge in [-0.25, -0.2) is 4.79 Å². The number of hydrogen-bond donors (Lipinski definition) is 0. The summed E-state index contributed by atoms with van der Waals surface area (Å²) in [5.74, 6) is 0.408. The molecule has 0 amide bonds. The third-order valence-electron chi connectivity index (χ3n) is 5.69. The van der Waals surface area contributed by atoms with Crippen LogP contribution in [0.4, 0.5) is 5.69 Å². The Bertz CT molecular complexity index is 1290. The molecule has 0 spiro atoms. The Balaban J connectivity index is 1.34. The van der Waals surface area contributed by atoms with Crippen LogP contribution in [0.3, 0.4) is 0 Å². The van der Waals surface area contributed by atoms with E-state index in [1.165, 1.54) is 36.4 Å². The molecule has 9 nitrogen and oxygen atoms in total. The van der Waals surface area contributed by atoms with Gasteiger partial charge < -0.3 is 18.8 Å². The Hall–Kier alpha value is -4.40. The number of carbonyl (C=O) groups is 2. The lowest BCUT2D eigenvalue weighted by atomic mass is 10.1. The zero-order valence-corrected chi connectivity index (χ0v) is 19.3. The molecule has 0 saturated carbocycles. The SMILES string of the molecule is Cc1cc(C(=O)COC(=O)C=Cc2ccc([N+](=O)[O-])cc2)c(C)n1CC1COc2ccccc2O1. The number of hydrogen-bond acceptors (Lipinski definition) is 7. The third-order valence-corrected chi connectivity index (χ3v) is 5.69. The van der Waals surface area contributed by atoms with Gasteiger partial charge in [0.1, 0.15) is 6.61 Å². The number of ether oxygens (including phenoxy) is 3. The fourth-order valence-corrected chi connectivity index (χ4v) is 3.86. The topological polar surface area (TPSA) is 110 Å². The number of aryl methyl sites for hydroxylation is 1. The van der Waals surface area contributed by atoms with E-state index in [4.69, 9.17) is 14.2 Å². The monoisotopic (exact) mass is 476 g/mol. The smallest absolute Gasteiger partial charge is 0.331 e. The number of nitrogens with zero attached hydrogens (tertiary/aromatic N) is 2. The second kappa shape index (κ2) is 10.3. The van der Waals surface area contributed by atoms with Crippen LogP contribution >= 0.6 is 0 Å². The van der Waals surface area contributed by atoms with Gasteiger partial charge in [-0.15, -0.1) is 0 Å². The van der Waals surface area contributed by atoms with Crippen LogP contribution in [-0.4, -0.2) is 40.6 Å². The predicted octanol–water partition coefficient (Wildman–Crippen LogP) is 4.29. The number of aromatic nitrogens is 1. The fourth-order valence-electron chi connectivity index (χ4n) is 3.86. The Morgan fingerprint density at radius 2 is 1.86 bits per heavy atom. The molecule has 180 valence electrons. The van der Waals surface area contributed by atoms with Crippen LogP contribution in [0.15, 0.2) is 60.7 Å². The zero-order valence-electron chi connectivity index (χ0n) is 19.3. The molecule has 1 aliphatic heterocycles. The molecule has 0 radical (unpaired) electrons. The second-order valence-electron chi connectivity index (χ2n) is 8.11. The molecule has 1 aliphatic rings. The number of nitro groups is 1. The van der Waals surface area contributed by atoms with E-state index in [-0.39, 0.29) is 17.6 Å². The maximum atomic E-state index is 12.7. The number of carbonyl (C=O) groups excluding carboxylic acids is 2. The fraction of sp³-hybridized carbons (Fsp3) is 0.231. The first-order valence-electron chi connectivity index (χ1n) is 11.0. The molecule has 0 aliphatic carbocycles. The number of nitro benzene ring substituents is 1. The van der Waals surface area contributed by atoms with Crippen LogP contribution < -0.4 is 9.47 Å². The number of esters is 1. The number of benzene rings is 2. The summed E-state index contributed by atoms with van der Waals surface area (Å²) < 4.78 is 18.9. The van der Waals surface area contributed by atoms with Crippen molar-refractivity contribution in [2.45, 2.75) is 26.5 Å². The highest BCUT2D eigenvalue weighted by molar-refractivity contribution is 6.00. The average molecular weight is 476 g/mol. The first kappa shape index (κ1) is 23.7. The highest BCUT2D eigenvalue weighted by Crippen LogP contribution is 2.31. The van der Waals surface area contributed by atoms with Crippen molar-refractivity contribution >= 4 is 23.5 Å². The van der Waals surface area contributed by atoms with Gasteiger partial charge in [0.15, 0.2) is 24.2 Å². The minimum Gasteiger partial charge on any atom is -0.486 e. The molecule has 2 heterocycles. The van der Waals surface area contributed by atoms with Crippen LogP contribution in [0.5, 0.6) is 11.5 Å². The first-order valence-corrected chi connectivity index (χ1v) is 11.0. The molecule has 2 aromatic carbocycles. The average Bonchev–Trinajstić information content (AvgIpc) is 3.14. The van der Waals surface area contributed by atoms with Crippen LogP contribution in [0.25, 0.3) is 6.08 Å². The number of fused-ring (bicyclic) bond motifs is 1. The number of Topliss-reactive ketones (excluding diaryl/α,β-unsaturated/α-hetero) is 1. The molecule has 0 N–H and O–H groups in total. The van der Waals surface area contributed by atoms with Crippen molar-refractivity contribution in [2.75, 3.05) is 13.2 Å². The highest BCUT2D eigenvalue weighted by atomic mass is 16.6. The minimum atomic E-state index is -0.683. The Morgan fingerprint density at radius 3 is 2.57 bits per heavy atom. The van der Waals surface area contributed by atoms with Crippen LogP contribution in [0.1, 0.15) is 27.3 Å². The molecule has 1 aromatic heterocycles. The number of para-hydroxylation sites is 2. The molecule has 1 atom stereocenters. The van der Waals surface area contributed by atoms with Crippen LogP contribution in [0.2, 0.25) is 0 Å². The van der Waals surface area contributed by atoms with Crippen molar-refractivity contribution in [2.24, 2.45) is 0 Å². The summed E-state index contributed by atoms with van der Waals surface area (Å²) in [5, 5.41) is 10.7. The van der Waals surface area contributed by atoms with Gasteiger partial charge in [0.05, 0.1) is 11.5 Å². The standard InChI is InChI=1S/C26H24N2O7/c1-17-13-22(18(2)27(17)14-21-15-33-24-5-3-4-6-25(24)35-21)23(29)16-34-26(30)12-9-19-7-10-20(11-8-19)28(31)32/h3-13,21H,14-16H2,1-2H3. The van der Waals surface area contributed by atoms with Crippen LogP contribution in [0, 0.1) is 24.0 Å². The molecule has 35 heavy (non-hydrogen) atoms. The summed E-state index contributed by atoms with van der Waals surface area (Å²) in [5.41, 5.74) is 2.68. The summed E-state index contributed by atoms with van der Waals surface area (Å²) in [6.07, 6.45) is 2.43. The summed E-state index contributed by atoms with van der Waals surface area (Å²) in [4.78, 5) is 35.0. The lowest BCUT2D eigenvalue weighted by Gasteiger charge is -2.27. The molecular weight excluding hydrogens is 452 g/mol. The molecule has 1 unspecified atom stereocenters. The van der Waals surface area contributed by atoms with Gasteiger partial charge in [-0.1, -0.05) is 12.1 Å². The lowest BCUT2D eigenvalue weighted by Crippen LogP contribution is -2.33. The van der Waals surface area contributed by atoms with Crippen molar-refractivity contribution in [3.05, 3.63) is 93.3 Å². The Morgan fingerprint density at radius 1 is 1.14 bits per heavy atom. The van der Waals surface area contributed by atoms with Gasteiger partial charge in [-0.2, -0.15) is 0 Å². The summed E-state index contributed by atoms with van der Waals surface area (Å²) >= 11 is 0. The minimum absolute atomic E-state index is 0.0414. The lowest BCUT2D eigenvalue weighted by molar-refractivity contribution is -0.384. The van der Waals surface area contributed by atoms with Crippen molar-refractivity contribution in [1.82, 2.24) is 4.57 Å². The summed E-state index contributed by atoms with van der Waals surface area (Å²) in [6.45, 7) is 4.26. The third kappa shape index (κ3) is 5.57. The van der Waals surface area contributed by atoms with E-state index in [9.17, 15) is 19.7 Å². The van der Waals surface area contributed by atoms with E-state index < -0.39 is 17.5 Å². The maximum absolute atomic E-state index is 12.7. The maximum Gasteiger partial charge on any atom is 0.331 e. The van der Waals surface area contributed by atoms with Crippen LogP contribution in [-0.2, 0) is 16.1 Å². The summed E-state index contributed by atoms with van der Waals surface area (Å²) in [6, 6.07) is 15.0.